The molecule has 0 atom stereocenters. The van der Waals surface area contributed by atoms with E-state index in [1.807, 2.05) is 85.8 Å². The van der Waals surface area contributed by atoms with E-state index in [1.54, 1.807) is 12.0 Å². The number of hydrogen-bond donors (Lipinski definition) is 0. The molecule has 25 heavy (non-hydrogen) atoms. The lowest BCUT2D eigenvalue weighted by Crippen LogP contribution is -2.30. The number of ether oxygens (including phenoxy) is 1. The fraction of sp³-hybridized carbons (Fsp3) is 0.136. The molecule has 3 nitrogen and oxygen atoms in total. The standard InChI is InChI=1S/C22H21NO2/c1-17-11-13-19(14-12-17)22(24)23(20-8-4-3-5-9-20)16-18-7-6-10-21(15-18)25-2/h3-15H,16H2,1-2H3. The van der Waals surface area contributed by atoms with Gasteiger partial charge in [0.15, 0.2) is 0 Å². The van der Waals surface area contributed by atoms with Gasteiger partial charge < -0.3 is 9.64 Å². The monoisotopic (exact) mass is 331 g/mol. The van der Waals surface area contributed by atoms with Crippen LogP contribution in [-0.4, -0.2) is 13.0 Å². The molecule has 3 aromatic carbocycles. The highest BCUT2D eigenvalue weighted by Crippen LogP contribution is 2.22. The van der Waals surface area contributed by atoms with E-state index in [2.05, 4.69) is 0 Å². The third-order valence-corrected chi connectivity index (χ3v) is 4.09. The number of para-hydroxylation sites is 1. The molecule has 0 unspecified atom stereocenters. The molecule has 0 aliphatic carbocycles. The minimum absolute atomic E-state index is 0.0194. The van der Waals surface area contributed by atoms with E-state index in [-0.39, 0.29) is 5.91 Å². The Kier molecular flexibility index (Phi) is 5.14. The molecule has 0 bridgehead atoms. The zero-order valence-electron chi connectivity index (χ0n) is 14.5. The van der Waals surface area contributed by atoms with E-state index in [1.165, 1.54) is 0 Å². The van der Waals surface area contributed by atoms with E-state index < -0.39 is 0 Å². The van der Waals surface area contributed by atoms with Crippen LogP contribution in [0.15, 0.2) is 78.9 Å². The van der Waals surface area contributed by atoms with Crippen molar-refractivity contribution in [1.29, 1.82) is 0 Å². The first-order chi connectivity index (χ1) is 12.2. The molecule has 0 radical (unpaired) electrons. The highest BCUT2D eigenvalue weighted by atomic mass is 16.5. The van der Waals surface area contributed by atoms with Gasteiger partial charge in [-0.05, 0) is 48.9 Å². The van der Waals surface area contributed by atoms with Crippen molar-refractivity contribution in [2.24, 2.45) is 0 Å². The first-order valence-electron chi connectivity index (χ1n) is 8.24. The smallest absolute Gasteiger partial charge is 0.258 e. The average molecular weight is 331 g/mol. The Labute approximate surface area is 148 Å². The normalized spacial score (nSPS) is 10.3. The van der Waals surface area contributed by atoms with Gasteiger partial charge in [-0.1, -0.05) is 48.0 Å². The number of anilines is 1. The van der Waals surface area contributed by atoms with E-state index in [0.717, 1.165) is 22.6 Å². The van der Waals surface area contributed by atoms with E-state index in [0.29, 0.717) is 12.1 Å². The van der Waals surface area contributed by atoms with Gasteiger partial charge in [-0.25, -0.2) is 0 Å². The van der Waals surface area contributed by atoms with E-state index in [9.17, 15) is 4.79 Å². The lowest BCUT2D eigenvalue weighted by Gasteiger charge is -2.23. The highest BCUT2D eigenvalue weighted by Gasteiger charge is 2.18. The van der Waals surface area contributed by atoms with Crippen LogP contribution in [0.4, 0.5) is 5.69 Å². The number of amides is 1. The number of carbonyl (C=O) groups excluding carboxylic acids is 1. The molecule has 3 heteroatoms. The minimum Gasteiger partial charge on any atom is -0.497 e. The molecule has 0 fully saturated rings. The molecule has 0 aliphatic heterocycles. The molecule has 3 aromatic rings. The van der Waals surface area contributed by atoms with Gasteiger partial charge in [0.1, 0.15) is 5.75 Å². The average Bonchev–Trinajstić information content (AvgIpc) is 2.67. The van der Waals surface area contributed by atoms with Gasteiger partial charge in [-0.15, -0.1) is 0 Å². The molecule has 0 aromatic heterocycles. The van der Waals surface area contributed by atoms with Crippen molar-refractivity contribution in [2.45, 2.75) is 13.5 Å². The second-order valence-corrected chi connectivity index (χ2v) is 5.94. The Morgan fingerprint density at radius 3 is 2.32 bits per heavy atom. The van der Waals surface area contributed by atoms with Crippen molar-refractivity contribution >= 4 is 11.6 Å². The Bertz CT molecular complexity index is 841. The highest BCUT2D eigenvalue weighted by molar-refractivity contribution is 6.06. The first kappa shape index (κ1) is 16.8. The molecular formula is C22H21NO2. The van der Waals surface area contributed by atoms with Gasteiger partial charge >= 0.3 is 0 Å². The van der Waals surface area contributed by atoms with Gasteiger partial charge in [-0.2, -0.15) is 0 Å². The molecule has 0 N–H and O–H groups in total. The van der Waals surface area contributed by atoms with Crippen molar-refractivity contribution < 1.29 is 9.53 Å². The summed E-state index contributed by atoms with van der Waals surface area (Å²) in [6.07, 6.45) is 0. The summed E-state index contributed by atoms with van der Waals surface area (Å²) in [5.41, 5.74) is 3.70. The summed E-state index contributed by atoms with van der Waals surface area (Å²) in [6, 6.07) is 25.2. The summed E-state index contributed by atoms with van der Waals surface area (Å²) in [7, 11) is 1.64. The van der Waals surface area contributed by atoms with Gasteiger partial charge in [0.25, 0.3) is 5.91 Å². The SMILES string of the molecule is COc1cccc(CN(C(=O)c2ccc(C)cc2)c2ccccc2)c1. The largest absolute Gasteiger partial charge is 0.497 e. The lowest BCUT2D eigenvalue weighted by atomic mass is 10.1. The predicted octanol–water partition coefficient (Wildman–Crippen LogP) is 4.85. The molecule has 0 spiro atoms. The third kappa shape index (κ3) is 4.07. The van der Waals surface area contributed by atoms with Crippen molar-refractivity contribution in [2.75, 3.05) is 12.0 Å². The molecular weight excluding hydrogens is 310 g/mol. The molecule has 0 heterocycles. The van der Waals surface area contributed by atoms with Gasteiger partial charge in [0.05, 0.1) is 13.7 Å². The fourth-order valence-corrected chi connectivity index (χ4v) is 2.69. The summed E-state index contributed by atoms with van der Waals surface area (Å²) < 4.78 is 5.30. The molecule has 0 aliphatic rings. The third-order valence-electron chi connectivity index (χ3n) is 4.09. The molecule has 0 saturated carbocycles. The fourth-order valence-electron chi connectivity index (χ4n) is 2.69. The van der Waals surface area contributed by atoms with Crippen molar-refractivity contribution in [3.05, 3.63) is 95.6 Å². The Hall–Kier alpha value is -3.07. The van der Waals surface area contributed by atoms with Crippen LogP contribution in [-0.2, 0) is 6.54 Å². The molecule has 126 valence electrons. The maximum absolute atomic E-state index is 13.1. The molecule has 1 amide bonds. The van der Waals surface area contributed by atoms with Crippen LogP contribution in [0.1, 0.15) is 21.5 Å². The number of hydrogen-bond acceptors (Lipinski definition) is 2. The van der Waals surface area contributed by atoms with Crippen LogP contribution in [0, 0.1) is 6.92 Å². The summed E-state index contributed by atoms with van der Waals surface area (Å²) in [5, 5.41) is 0. The van der Waals surface area contributed by atoms with Crippen LogP contribution in [0.25, 0.3) is 0 Å². The summed E-state index contributed by atoms with van der Waals surface area (Å²) >= 11 is 0. The summed E-state index contributed by atoms with van der Waals surface area (Å²) in [5.74, 6) is 0.766. The van der Waals surface area contributed by atoms with E-state index in [4.69, 9.17) is 4.74 Å². The predicted molar refractivity (Wildman–Crippen MR) is 101 cm³/mol. The van der Waals surface area contributed by atoms with Crippen molar-refractivity contribution in [1.82, 2.24) is 0 Å². The second kappa shape index (κ2) is 7.67. The number of carbonyl (C=O) groups is 1. The topological polar surface area (TPSA) is 29.5 Å². The summed E-state index contributed by atoms with van der Waals surface area (Å²) in [4.78, 5) is 14.9. The number of aryl methyl sites for hydroxylation is 1. The minimum atomic E-state index is -0.0194. The zero-order valence-corrected chi connectivity index (χ0v) is 14.5. The molecule has 0 saturated heterocycles. The number of methoxy groups -OCH3 is 1. The molecule has 3 rings (SSSR count). The Morgan fingerprint density at radius 2 is 1.64 bits per heavy atom. The quantitative estimate of drug-likeness (QED) is 0.669. The lowest BCUT2D eigenvalue weighted by molar-refractivity contribution is 0.0985. The van der Waals surface area contributed by atoms with Gasteiger partial charge in [-0.3, -0.25) is 4.79 Å². The number of rotatable bonds is 5. The van der Waals surface area contributed by atoms with Gasteiger partial charge in [0, 0.05) is 11.3 Å². The number of benzene rings is 3. The van der Waals surface area contributed by atoms with Crippen LogP contribution < -0.4 is 9.64 Å². The van der Waals surface area contributed by atoms with Crippen LogP contribution in [0.2, 0.25) is 0 Å². The van der Waals surface area contributed by atoms with Crippen LogP contribution >= 0.6 is 0 Å². The zero-order chi connectivity index (χ0) is 17.6. The van der Waals surface area contributed by atoms with Crippen LogP contribution in [0.3, 0.4) is 0 Å². The van der Waals surface area contributed by atoms with E-state index >= 15 is 0 Å². The number of nitrogens with zero attached hydrogens (tertiary/aromatic N) is 1. The maximum atomic E-state index is 13.1. The van der Waals surface area contributed by atoms with Crippen LogP contribution in [0.5, 0.6) is 5.75 Å². The Morgan fingerprint density at radius 1 is 0.920 bits per heavy atom. The Balaban J connectivity index is 1.95. The van der Waals surface area contributed by atoms with Gasteiger partial charge in [0.2, 0.25) is 0 Å². The second-order valence-electron chi connectivity index (χ2n) is 5.94. The first-order valence-corrected chi connectivity index (χ1v) is 8.24. The summed E-state index contributed by atoms with van der Waals surface area (Å²) in [6.45, 7) is 2.49. The van der Waals surface area contributed by atoms with Crippen molar-refractivity contribution in [3.63, 3.8) is 0 Å². The maximum Gasteiger partial charge on any atom is 0.258 e. The van der Waals surface area contributed by atoms with Crippen molar-refractivity contribution in [3.8, 4) is 5.75 Å².